The van der Waals surface area contributed by atoms with Gasteiger partial charge in [-0.25, -0.2) is 0 Å². The molecule has 0 heterocycles. The molecule has 1 aromatic carbocycles. The van der Waals surface area contributed by atoms with Gasteiger partial charge < -0.3 is 9.79 Å². The minimum Gasteiger partial charge on any atom is -0.326 e. The highest BCUT2D eigenvalue weighted by molar-refractivity contribution is 7.30. The summed E-state index contributed by atoms with van der Waals surface area (Å²) in [7, 11) is -3.13. The first-order valence-electron chi connectivity index (χ1n) is 6.71. The summed E-state index contributed by atoms with van der Waals surface area (Å²) in [5, 5.41) is 0.956. The average molecular weight is 307 g/mol. The van der Waals surface area contributed by atoms with Gasteiger partial charge in [0, 0.05) is 5.02 Å². The highest BCUT2D eigenvalue weighted by Gasteiger charge is 2.05. The molecule has 3 nitrogen and oxygen atoms in total. The van der Waals surface area contributed by atoms with Gasteiger partial charge in [-0.2, -0.15) is 0 Å². The van der Waals surface area contributed by atoms with Crippen LogP contribution < -0.4 is 0 Å². The van der Waals surface area contributed by atoms with Crippen LogP contribution >= 0.6 is 19.9 Å². The summed E-state index contributed by atoms with van der Waals surface area (Å²) < 4.78 is 8.74. The van der Waals surface area contributed by atoms with Gasteiger partial charge in [0.25, 0.3) is 0 Å². The fraction of sp³-hybridized carbons (Fsp3) is 0.571. The van der Waals surface area contributed by atoms with Crippen LogP contribution in [0, 0.1) is 0 Å². The van der Waals surface area contributed by atoms with E-state index in [0.717, 1.165) is 11.4 Å². The van der Waals surface area contributed by atoms with Gasteiger partial charge in [-0.1, -0.05) is 50.4 Å². The van der Waals surface area contributed by atoms with E-state index >= 15 is 0 Å². The molecule has 0 aliphatic rings. The van der Waals surface area contributed by atoms with E-state index in [2.05, 4.69) is 26.0 Å². The van der Waals surface area contributed by atoms with E-state index in [4.69, 9.17) is 26.0 Å². The van der Waals surface area contributed by atoms with Crippen molar-refractivity contribution in [1.29, 1.82) is 0 Å². The summed E-state index contributed by atoms with van der Waals surface area (Å²) in [5.41, 5.74) is 2.84. The van der Waals surface area contributed by atoms with Crippen LogP contribution in [0.4, 0.5) is 0 Å². The van der Waals surface area contributed by atoms with Crippen molar-refractivity contribution < 1.29 is 14.4 Å². The highest BCUT2D eigenvalue weighted by Crippen LogP contribution is 2.23. The predicted octanol–water partition coefficient (Wildman–Crippen LogP) is 4.39. The molecule has 0 aromatic heterocycles. The van der Waals surface area contributed by atoms with Gasteiger partial charge in [-0.3, -0.25) is 4.57 Å². The van der Waals surface area contributed by atoms with E-state index in [1.807, 2.05) is 6.07 Å². The average Bonchev–Trinajstić information content (AvgIpc) is 2.34. The molecule has 1 rings (SSSR count). The minimum atomic E-state index is -3.13. The quantitative estimate of drug-likeness (QED) is 0.767. The summed E-state index contributed by atoms with van der Waals surface area (Å²) in [6, 6.07) is 6.32. The number of halogens is 1. The minimum absolute atomic E-state index is 0.956. The Morgan fingerprint density at radius 3 is 2.16 bits per heavy atom. The molecule has 0 saturated carbocycles. The molecule has 0 fully saturated rings. The lowest BCUT2D eigenvalue weighted by Crippen LogP contribution is -1.95. The standard InChI is InChI=1S/C14H21Cl.H3O3P/c1-3-5-8-12-9-7-11-14(15)13(12)10-6-4-2;1-4(2)3/h7,9,11H,3-6,8,10H2,1-2H3;4H,(H2,1,2,3). The Morgan fingerprint density at radius 2 is 1.63 bits per heavy atom. The van der Waals surface area contributed by atoms with Gasteiger partial charge in [0.2, 0.25) is 0 Å². The Morgan fingerprint density at radius 1 is 1.11 bits per heavy atom. The van der Waals surface area contributed by atoms with Gasteiger partial charge in [0.05, 0.1) is 0 Å². The van der Waals surface area contributed by atoms with Crippen molar-refractivity contribution in [3.05, 3.63) is 34.3 Å². The van der Waals surface area contributed by atoms with Crippen molar-refractivity contribution in [1.82, 2.24) is 0 Å². The van der Waals surface area contributed by atoms with Crippen LogP contribution in [-0.4, -0.2) is 9.79 Å². The number of aryl methyl sites for hydroxylation is 1. The molecule has 5 heteroatoms. The van der Waals surface area contributed by atoms with Gasteiger partial charge in [0.15, 0.2) is 0 Å². The first-order valence-corrected chi connectivity index (χ1v) is 8.39. The summed E-state index contributed by atoms with van der Waals surface area (Å²) in [6.45, 7) is 4.46. The lowest BCUT2D eigenvalue weighted by Gasteiger charge is -2.10. The van der Waals surface area contributed by atoms with Crippen LogP contribution in [0.5, 0.6) is 0 Å². The molecular weight excluding hydrogens is 283 g/mol. The van der Waals surface area contributed by atoms with Crippen LogP contribution in [0.25, 0.3) is 0 Å². The summed E-state index contributed by atoms with van der Waals surface area (Å²) in [4.78, 5) is 14.3. The molecule has 0 amide bonds. The largest absolute Gasteiger partial charge is 0.326 e. The molecule has 0 bridgehead atoms. The SMILES string of the molecule is CCCCc1cccc(Cl)c1CCCC.O=[PH](O)O. The van der Waals surface area contributed by atoms with Crippen molar-refractivity contribution in [3.63, 3.8) is 0 Å². The van der Waals surface area contributed by atoms with Crippen molar-refractivity contribution in [2.45, 2.75) is 52.4 Å². The van der Waals surface area contributed by atoms with Crippen molar-refractivity contribution in [3.8, 4) is 0 Å². The van der Waals surface area contributed by atoms with Gasteiger partial charge in [0.1, 0.15) is 0 Å². The molecule has 0 spiro atoms. The Bertz CT molecular complexity index is 379. The van der Waals surface area contributed by atoms with E-state index in [1.165, 1.54) is 43.2 Å². The van der Waals surface area contributed by atoms with Gasteiger partial charge >= 0.3 is 8.25 Å². The number of unbranched alkanes of at least 4 members (excludes halogenated alkanes) is 2. The lowest BCUT2D eigenvalue weighted by molar-refractivity contribution is 0.405. The van der Waals surface area contributed by atoms with E-state index in [0.29, 0.717) is 0 Å². The van der Waals surface area contributed by atoms with E-state index in [-0.39, 0.29) is 0 Å². The maximum absolute atomic E-state index is 8.74. The second kappa shape index (κ2) is 11.5. The van der Waals surface area contributed by atoms with Crippen LogP contribution in [0.2, 0.25) is 5.02 Å². The van der Waals surface area contributed by atoms with Gasteiger partial charge in [-0.15, -0.1) is 0 Å². The summed E-state index contributed by atoms with van der Waals surface area (Å²) in [6.07, 6.45) is 7.30. The fourth-order valence-electron chi connectivity index (χ4n) is 1.84. The van der Waals surface area contributed by atoms with E-state index in [1.54, 1.807) is 0 Å². The zero-order chi connectivity index (χ0) is 14.7. The number of benzene rings is 1. The smallest absolute Gasteiger partial charge is 0.314 e. The monoisotopic (exact) mass is 306 g/mol. The molecule has 110 valence electrons. The normalized spacial score (nSPS) is 10.2. The van der Waals surface area contributed by atoms with Gasteiger partial charge in [-0.05, 0) is 42.9 Å². The molecule has 0 aliphatic heterocycles. The number of rotatable bonds is 6. The second-order valence-corrected chi connectivity index (χ2v) is 5.34. The maximum Gasteiger partial charge on any atom is 0.314 e. The Kier molecular flexibility index (Phi) is 11.3. The first-order chi connectivity index (χ1) is 9.02. The Hall–Kier alpha value is -0.340. The van der Waals surface area contributed by atoms with Crippen LogP contribution in [0.1, 0.15) is 50.7 Å². The van der Waals surface area contributed by atoms with E-state index < -0.39 is 8.25 Å². The molecular formula is C14H24ClO3P. The third kappa shape index (κ3) is 9.23. The number of hydrogen-bond donors (Lipinski definition) is 2. The topological polar surface area (TPSA) is 57.5 Å². The zero-order valence-electron chi connectivity index (χ0n) is 11.7. The molecule has 1 aromatic rings. The third-order valence-corrected chi connectivity index (χ3v) is 3.15. The second-order valence-electron chi connectivity index (χ2n) is 4.37. The van der Waals surface area contributed by atoms with Crippen LogP contribution in [0.3, 0.4) is 0 Å². The van der Waals surface area contributed by atoms with Crippen molar-refractivity contribution in [2.24, 2.45) is 0 Å². The zero-order valence-corrected chi connectivity index (χ0v) is 13.4. The highest BCUT2D eigenvalue weighted by atomic mass is 35.5. The molecule has 0 radical (unpaired) electrons. The van der Waals surface area contributed by atoms with Crippen molar-refractivity contribution >= 4 is 19.9 Å². The predicted molar refractivity (Wildman–Crippen MR) is 82.1 cm³/mol. The molecule has 0 unspecified atom stereocenters. The summed E-state index contributed by atoms with van der Waals surface area (Å²) in [5.74, 6) is 0. The van der Waals surface area contributed by atoms with E-state index in [9.17, 15) is 0 Å². The molecule has 19 heavy (non-hydrogen) atoms. The first kappa shape index (κ1) is 18.7. The van der Waals surface area contributed by atoms with Crippen LogP contribution in [0.15, 0.2) is 18.2 Å². The molecule has 0 saturated heterocycles. The van der Waals surface area contributed by atoms with Crippen molar-refractivity contribution in [2.75, 3.05) is 0 Å². The summed E-state index contributed by atoms with van der Waals surface area (Å²) >= 11 is 6.24. The molecule has 0 atom stereocenters. The Balaban J connectivity index is 0.000000711. The Labute approximate surface area is 121 Å². The maximum atomic E-state index is 8.74. The third-order valence-electron chi connectivity index (χ3n) is 2.80. The fourth-order valence-corrected chi connectivity index (χ4v) is 2.13. The molecule has 0 aliphatic carbocycles. The molecule has 2 N–H and O–H groups in total. The number of hydrogen-bond acceptors (Lipinski definition) is 1. The lowest BCUT2D eigenvalue weighted by atomic mass is 9.98. The van der Waals surface area contributed by atoms with Crippen LogP contribution in [-0.2, 0) is 17.4 Å².